The Morgan fingerprint density at radius 2 is 1.26 bits per heavy atom. The highest BCUT2D eigenvalue weighted by molar-refractivity contribution is 7.92. The van der Waals surface area contributed by atoms with E-state index in [9.17, 15) is 26.2 Å². The first kappa shape index (κ1) is 38.9. The van der Waals surface area contributed by atoms with Crippen molar-refractivity contribution in [3.63, 3.8) is 0 Å². The lowest BCUT2D eigenvalue weighted by Gasteiger charge is -2.13. The number of rotatable bonds is 22. The molecule has 0 aromatic heterocycles. The minimum atomic E-state index is -4.67. The zero-order valence-electron chi connectivity index (χ0n) is 28.9. The van der Waals surface area contributed by atoms with Crippen molar-refractivity contribution in [1.29, 1.82) is 0 Å². The number of nitrogens with one attached hydrogen (secondary N) is 2. The number of carbonyl (C=O) groups excluding carboxylic acids is 1. The summed E-state index contributed by atoms with van der Waals surface area (Å²) in [6.07, 6.45) is 17.1. The second-order valence-electron chi connectivity index (χ2n) is 12.7. The summed E-state index contributed by atoms with van der Waals surface area (Å²) in [5, 5.41) is 4.30. The Balaban J connectivity index is 1.23. The summed E-state index contributed by atoms with van der Waals surface area (Å²) in [4.78, 5) is 12.5. The second kappa shape index (κ2) is 19.5. The third-order valence-electron chi connectivity index (χ3n) is 8.70. The minimum absolute atomic E-state index is 0.00241. The molecule has 0 fully saturated rings. The Bertz CT molecular complexity index is 1890. The Kier molecular flexibility index (Phi) is 15.1. The summed E-state index contributed by atoms with van der Waals surface area (Å²) >= 11 is 0. The van der Waals surface area contributed by atoms with E-state index < -0.39 is 30.9 Å². The van der Waals surface area contributed by atoms with Gasteiger partial charge in [0.25, 0.3) is 26.0 Å². The third kappa shape index (κ3) is 12.1. The van der Waals surface area contributed by atoms with E-state index in [-0.39, 0.29) is 22.8 Å². The van der Waals surface area contributed by atoms with E-state index in [1.54, 1.807) is 12.1 Å². The number of ether oxygens (including phenoxy) is 1. The Hall–Kier alpha value is -3.93. The smallest absolute Gasteiger partial charge is 0.298 e. The van der Waals surface area contributed by atoms with Gasteiger partial charge in [0.2, 0.25) is 0 Å². The number of anilines is 2. The maximum absolute atomic E-state index is 13.1. The van der Waals surface area contributed by atoms with Gasteiger partial charge >= 0.3 is 0 Å². The van der Waals surface area contributed by atoms with Crippen LogP contribution in [0.3, 0.4) is 0 Å². The molecule has 50 heavy (non-hydrogen) atoms. The van der Waals surface area contributed by atoms with Crippen LogP contribution < -0.4 is 14.8 Å². The quantitative estimate of drug-likeness (QED) is 0.0542. The molecule has 0 aliphatic carbocycles. The van der Waals surface area contributed by atoms with Gasteiger partial charge in [-0.05, 0) is 60.3 Å². The zero-order valence-corrected chi connectivity index (χ0v) is 30.5. The molecule has 0 radical (unpaired) electrons. The lowest BCUT2D eigenvalue weighted by atomic mass is 10.0. The standard InChI is InChI=1S/C39H50N2O7S2/c1-2-3-4-5-6-7-8-9-10-11-12-13-14-17-29-48-37-28-23-32(30-38(37)50(45,46)47)39(42)40-33-24-26-34(27-25-33)49(43,44)41-36-22-18-20-31-19-15-16-21-35(31)36/h15-16,18-28,30,41H,2-14,17,29H2,1H3,(H,40,42)(H,45,46,47). The van der Waals surface area contributed by atoms with Gasteiger partial charge in [-0.15, -0.1) is 0 Å². The predicted octanol–water partition coefficient (Wildman–Crippen LogP) is 10.00. The van der Waals surface area contributed by atoms with Crippen molar-refractivity contribution >= 4 is 48.2 Å². The molecule has 1 amide bonds. The van der Waals surface area contributed by atoms with Crippen LogP contribution in [0, 0.1) is 0 Å². The largest absolute Gasteiger partial charge is 0.492 e. The van der Waals surface area contributed by atoms with Crippen molar-refractivity contribution in [3.8, 4) is 5.75 Å². The highest BCUT2D eigenvalue weighted by Gasteiger charge is 2.21. The molecular weight excluding hydrogens is 673 g/mol. The van der Waals surface area contributed by atoms with Crippen molar-refractivity contribution in [2.24, 2.45) is 0 Å². The van der Waals surface area contributed by atoms with E-state index in [0.717, 1.165) is 42.5 Å². The maximum Gasteiger partial charge on any atom is 0.298 e. The van der Waals surface area contributed by atoms with E-state index in [1.165, 1.54) is 101 Å². The van der Waals surface area contributed by atoms with E-state index in [1.807, 2.05) is 30.3 Å². The molecule has 11 heteroatoms. The van der Waals surface area contributed by atoms with Gasteiger partial charge in [-0.2, -0.15) is 8.42 Å². The number of sulfonamides is 1. The molecule has 0 atom stereocenters. The molecule has 270 valence electrons. The van der Waals surface area contributed by atoms with Crippen LogP contribution in [-0.4, -0.2) is 33.9 Å². The monoisotopic (exact) mass is 722 g/mol. The Morgan fingerprint density at radius 1 is 0.680 bits per heavy atom. The van der Waals surface area contributed by atoms with Crippen LogP contribution in [0.1, 0.15) is 107 Å². The van der Waals surface area contributed by atoms with Gasteiger partial charge in [0.15, 0.2) is 0 Å². The highest BCUT2D eigenvalue weighted by atomic mass is 32.2. The number of amides is 1. The number of benzene rings is 4. The van der Waals surface area contributed by atoms with E-state index >= 15 is 0 Å². The Labute approximate surface area is 297 Å². The fourth-order valence-electron chi connectivity index (χ4n) is 5.89. The molecular formula is C39H50N2O7S2. The van der Waals surface area contributed by atoms with Crippen LogP contribution >= 0.6 is 0 Å². The van der Waals surface area contributed by atoms with Gasteiger partial charge in [-0.3, -0.25) is 14.1 Å². The minimum Gasteiger partial charge on any atom is -0.492 e. The Morgan fingerprint density at radius 3 is 1.88 bits per heavy atom. The van der Waals surface area contributed by atoms with Crippen LogP contribution in [-0.2, 0) is 20.1 Å². The molecule has 0 heterocycles. The first-order valence-electron chi connectivity index (χ1n) is 17.7. The van der Waals surface area contributed by atoms with Gasteiger partial charge in [0, 0.05) is 16.6 Å². The zero-order chi connectivity index (χ0) is 35.8. The van der Waals surface area contributed by atoms with E-state index in [4.69, 9.17) is 4.74 Å². The highest BCUT2D eigenvalue weighted by Crippen LogP contribution is 2.28. The second-order valence-corrected chi connectivity index (χ2v) is 15.8. The lowest BCUT2D eigenvalue weighted by molar-refractivity contribution is 0.102. The van der Waals surface area contributed by atoms with E-state index in [2.05, 4.69) is 17.0 Å². The summed E-state index contributed by atoms with van der Waals surface area (Å²) in [6.45, 7) is 2.53. The average molecular weight is 723 g/mol. The molecule has 0 unspecified atom stereocenters. The number of fused-ring (bicyclic) bond motifs is 1. The maximum atomic E-state index is 13.1. The van der Waals surface area contributed by atoms with Crippen LogP contribution in [0.2, 0.25) is 0 Å². The topological polar surface area (TPSA) is 139 Å². The molecule has 9 nitrogen and oxygen atoms in total. The number of hydrogen-bond donors (Lipinski definition) is 3. The SMILES string of the molecule is CCCCCCCCCCCCCCCCOc1ccc(C(=O)Nc2ccc(S(=O)(=O)Nc3cccc4ccccc34)cc2)cc1S(=O)(=O)O. The molecule has 4 aromatic carbocycles. The van der Waals surface area contributed by atoms with Crippen LogP contribution in [0.4, 0.5) is 11.4 Å². The number of carbonyl (C=O) groups is 1. The molecule has 0 saturated heterocycles. The molecule has 0 spiro atoms. The first-order chi connectivity index (χ1) is 24.1. The summed E-state index contributed by atoms with van der Waals surface area (Å²) in [5.74, 6) is -0.662. The average Bonchev–Trinajstić information content (AvgIpc) is 3.10. The van der Waals surface area contributed by atoms with Crippen molar-refractivity contribution < 1.29 is 30.9 Å². The predicted molar refractivity (Wildman–Crippen MR) is 201 cm³/mol. The molecule has 4 rings (SSSR count). The molecule has 0 aliphatic rings. The van der Waals surface area contributed by atoms with Gasteiger partial charge < -0.3 is 10.1 Å². The van der Waals surface area contributed by atoms with E-state index in [0.29, 0.717) is 11.4 Å². The lowest BCUT2D eigenvalue weighted by Crippen LogP contribution is -2.15. The summed E-state index contributed by atoms with van der Waals surface area (Å²) in [7, 11) is -8.60. The van der Waals surface area contributed by atoms with Gasteiger partial charge in [-0.25, -0.2) is 8.42 Å². The number of unbranched alkanes of at least 4 members (excludes halogenated alkanes) is 13. The fourth-order valence-corrected chi connectivity index (χ4v) is 7.62. The van der Waals surface area contributed by atoms with Gasteiger partial charge in [0.1, 0.15) is 10.6 Å². The van der Waals surface area contributed by atoms with Crippen LogP contribution in [0.25, 0.3) is 10.8 Å². The third-order valence-corrected chi connectivity index (χ3v) is 11.0. The molecule has 4 aromatic rings. The van der Waals surface area contributed by atoms with Crippen molar-refractivity contribution in [2.45, 2.75) is 107 Å². The normalized spacial score (nSPS) is 11.8. The molecule has 0 bridgehead atoms. The molecule has 0 saturated carbocycles. The molecule has 3 N–H and O–H groups in total. The summed E-state index contributed by atoms with van der Waals surface area (Å²) in [6, 6.07) is 22.2. The molecule has 0 aliphatic heterocycles. The number of hydrogen-bond acceptors (Lipinski definition) is 6. The fraction of sp³-hybridized carbons (Fsp3) is 0.410. The van der Waals surface area contributed by atoms with Crippen LogP contribution in [0.15, 0.2) is 94.7 Å². The van der Waals surface area contributed by atoms with Crippen LogP contribution in [0.5, 0.6) is 5.75 Å². The van der Waals surface area contributed by atoms with Gasteiger partial charge in [0.05, 0.1) is 17.2 Å². The first-order valence-corrected chi connectivity index (χ1v) is 20.7. The summed E-state index contributed by atoms with van der Waals surface area (Å²) < 4.78 is 68.7. The van der Waals surface area contributed by atoms with Crippen molar-refractivity contribution in [3.05, 3.63) is 90.5 Å². The van der Waals surface area contributed by atoms with Crippen molar-refractivity contribution in [2.75, 3.05) is 16.6 Å². The van der Waals surface area contributed by atoms with Crippen molar-refractivity contribution in [1.82, 2.24) is 0 Å². The summed E-state index contributed by atoms with van der Waals surface area (Å²) in [5.41, 5.74) is 0.726. The van der Waals surface area contributed by atoms with Gasteiger partial charge in [-0.1, -0.05) is 127 Å².